The zero-order valence-electron chi connectivity index (χ0n) is 9.49. The summed E-state index contributed by atoms with van der Waals surface area (Å²) in [4.78, 5) is 3.20. The van der Waals surface area contributed by atoms with E-state index in [2.05, 4.69) is 4.98 Å². The van der Waals surface area contributed by atoms with Crippen molar-refractivity contribution in [3.05, 3.63) is 42.5 Å². The van der Waals surface area contributed by atoms with Gasteiger partial charge < -0.3 is 11.5 Å². The molecule has 2 N–H and O–H groups in total. The third kappa shape index (κ3) is 1.75. The van der Waals surface area contributed by atoms with Gasteiger partial charge in [-0.25, -0.2) is 0 Å². The molecule has 2 aromatic carbocycles. The minimum absolute atomic E-state index is 0. The Balaban J connectivity index is 0.000000640. The number of aromatic nitrogens is 1. The van der Waals surface area contributed by atoms with E-state index in [9.17, 15) is 5.11 Å². The first-order valence-corrected chi connectivity index (χ1v) is 4.54. The molecule has 1 heterocycles. The summed E-state index contributed by atoms with van der Waals surface area (Å²) in [5, 5.41) is 11.9. The van der Waals surface area contributed by atoms with E-state index < -0.39 is 0 Å². The van der Waals surface area contributed by atoms with Crippen LogP contribution in [-0.2, 0) is 0 Å². The van der Waals surface area contributed by atoms with Crippen LogP contribution >= 0.6 is 0 Å². The second-order valence-electron chi connectivity index (χ2n) is 3.37. The molecule has 0 aliphatic rings. The van der Waals surface area contributed by atoms with E-state index in [1.165, 1.54) is 0 Å². The van der Waals surface area contributed by atoms with Crippen molar-refractivity contribution in [1.82, 2.24) is 4.98 Å². The average Bonchev–Trinajstić information content (AvgIpc) is 2.59. The van der Waals surface area contributed by atoms with Gasteiger partial charge >= 0.3 is 51.4 Å². The predicted molar refractivity (Wildman–Crippen MR) is 58.6 cm³/mol. The minimum atomic E-state index is 0. The number of aromatic amines is 1. The molecule has 0 spiro atoms. The summed E-state index contributed by atoms with van der Waals surface area (Å²) in [5.41, 5.74) is 1.87. The SMILES string of the molecule is Oc1cccc2c1[nH]c1ccccc12.[H-].[K+]. The van der Waals surface area contributed by atoms with Crippen molar-refractivity contribution in [1.29, 1.82) is 0 Å². The smallest absolute Gasteiger partial charge is 1.00 e. The van der Waals surface area contributed by atoms with Crippen molar-refractivity contribution in [2.45, 2.75) is 0 Å². The largest absolute Gasteiger partial charge is 1.00 e. The van der Waals surface area contributed by atoms with E-state index >= 15 is 0 Å². The van der Waals surface area contributed by atoms with Gasteiger partial charge in [0.2, 0.25) is 0 Å². The Bertz CT molecular complexity index is 621. The second-order valence-corrected chi connectivity index (χ2v) is 3.37. The van der Waals surface area contributed by atoms with Crippen LogP contribution in [-0.4, -0.2) is 10.1 Å². The molecule has 2 nitrogen and oxygen atoms in total. The number of rotatable bonds is 0. The van der Waals surface area contributed by atoms with Crippen molar-refractivity contribution in [3.8, 4) is 5.75 Å². The first-order valence-electron chi connectivity index (χ1n) is 4.54. The Morgan fingerprint density at radius 2 is 1.67 bits per heavy atom. The standard InChI is InChI=1S/C12H9NO.K.H/c14-11-7-3-5-9-8-4-1-2-6-10(8)13-12(9)11;;/h1-7,13-14H;;/q;+1;-1. The number of hydrogen-bond acceptors (Lipinski definition) is 1. The maximum atomic E-state index is 9.64. The average molecular weight is 223 g/mol. The molecule has 0 radical (unpaired) electrons. The number of hydrogen-bond donors (Lipinski definition) is 2. The first-order chi connectivity index (χ1) is 6.86. The zero-order chi connectivity index (χ0) is 9.54. The van der Waals surface area contributed by atoms with Gasteiger partial charge in [0.05, 0.1) is 5.52 Å². The van der Waals surface area contributed by atoms with Crippen LogP contribution in [0.2, 0.25) is 0 Å². The topological polar surface area (TPSA) is 36.0 Å². The third-order valence-corrected chi connectivity index (χ3v) is 2.52. The van der Waals surface area contributed by atoms with Gasteiger partial charge in [-0.1, -0.05) is 30.3 Å². The molecule has 70 valence electrons. The molecule has 3 aromatic rings. The van der Waals surface area contributed by atoms with Crippen LogP contribution in [0.5, 0.6) is 5.75 Å². The Hall–Kier alpha value is -0.324. The van der Waals surface area contributed by atoms with Gasteiger partial charge in [0.25, 0.3) is 0 Å². The summed E-state index contributed by atoms with van der Waals surface area (Å²) in [7, 11) is 0. The predicted octanol–water partition coefficient (Wildman–Crippen LogP) is 0.143. The maximum Gasteiger partial charge on any atom is 1.00 e. The van der Waals surface area contributed by atoms with E-state index in [-0.39, 0.29) is 52.8 Å². The molecule has 0 bridgehead atoms. The van der Waals surface area contributed by atoms with E-state index in [0.717, 1.165) is 21.8 Å². The molecule has 0 unspecified atom stereocenters. The summed E-state index contributed by atoms with van der Waals surface area (Å²) in [6.45, 7) is 0. The van der Waals surface area contributed by atoms with Crippen molar-refractivity contribution in [2.75, 3.05) is 0 Å². The summed E-state index contributed by atoms with van der Waals surface area (Å²) < 4.78 is 0. The fraction of sp³-hybridized carbons (Fsp3) is 0. The van der Waals surface area contributed by atoms with Crippen molar-refractivity contribution < 1.29 is 57.9 Å². The molecule has 0 saturated heterocycles. The van der Waals surface area contributed by atoms with Gasteiger partial charge in [0.15, 0.2) is 0 Å². The van der Waals surface area contributed by atoms with Gasteiger partial charge in [0.1, 0.15) is 5.75 Å². The van der Waals surface area contributed by atoms with Gasteiger partial charge in [-0.15, -0.1) is 0 Å². The van der Waals surface area contributed by atoms with Crippen molar-refractivity contribution in [2.24, 2.45) is 0 Å². The monoisotopic (exact) mass is 223 g/mol. The van der Waals surface area contributed by atoms with Crippen LogP contribution in [0.3, 0.4) is 0 Å². The van der Waals surface area contributed by atoms with E-state index in [0.29, 0.717) is 5.75 Å². The quantitative estimate of drug-likeness (QED) is 0.523. The van der Waals surface area contributed by atoms with Crippen LogP contribution in [0.15, 0.2) is 42.5 Å². The number of fused-ring (bicyclic) bond motifs is 3. The maximum absolute atomic E-state index is 9.64. The van der Waals surface area contributed by atoms with E-state index in [1.807, 2.05) is 36.4 Å². The van der Waals surface area contributed by atoms with Gasteiger partial charge in [-0.05, 0) is 12.1 Å². The molecule has 3 heteroatoms. The van der Waals surface area contributed by atoms with Crippen LogP contribution in [0, 0.1) is 0 Å². The summed E-state index contributed by atoms with van der Waals surface area (Å²) in [6.07, 6.45) is 0. The third-order valence-electron chi connectivity index (χ3n) is 2.52. The Morgan fingerprint density at radius 1 is 0.933 bits per heavy atom. The Kier molecular flexibility index (Phi) is 3.18. The van der Waals surface area contributed by atoms with Crippen LogP contribution in [0.25, 0.3) is 21.8 Å². The zero-order valence-corrected chi connectivity index (χ0v) is 11.6. The molecule has 15 heavy (non-hydrogen) atoms. The number of para-hydroxylation sites is 2. The summed E-state index contributed by atoms with van der Waals surface area (Å²) in [6, 6.07) is 13.6. The Morgan fingerprint density at radius 3 is 2.53 bits per heavy atom. The molecule has 0 aliphatic heterocycles. The number of H-pyrrole nitrogens is 1. The normalized spacial score (nSPS) is 10.4. The molecule has 0 fully saturated rings. The van der Waals surface area contributed by atoms with Gasteiger partial charge in [-0.3, -0.25) is 0 Å². The van der Waals surface area contributed by atoms with Gasteiger partial charge in [-0.2, -0.15) is 0 Å². The molecular formula is C12H10KNO. The minimum Gasteiger partial charge on any atom is -1.00 e. The molecule has 0 atom stereocenters. The fourth-order valence-electron chi connectivity index (χ4n) is 1.86. The molecule has 0 saturated carbocycles. The number of benzene rings is 2. The van der Waals surface area contributed by atoms with E-state index in [4.69, 9.17) is 0 Å². The summed E-state index contributed by atoms with van der Waals surface area (Å²) >= 11 is 0. The van der Waals surface area contributed by atoms with Crippen LogP contribution in [0.1, 0.15) is 1.43 Å². The molecule has 3 rings (SSSR count). The van der Waals surface area contributed by atoms with Crippen LogP contribution < -0.4 is 51.4 Å². The van der Waals surface area contributed by atoms with Crippen LogP contribution in [0.4, 0.5) is 0 Å². The number of aromatic hydroxyl groups is 1. The first kappa shape index (κ1) is 11.2. The molecular weight excluding hydrogens is 213 g/mol. The molecule has 0 amide bonds. The summed E-state index contributed by atoms with van der Waals surface area (Å²) in [5.74, 6) is 0.304. The van der Waals surface area contributed by atoms with Crippen molar-refractivity contribution in [3.63, 3.8) is 0 Å². The van der Waals surface area contributed by atoms with Crippen molar-refractivity contribution >= 4 is 21.8 Å². The Labute approximate surface area is 131 Å². The van der Waals surface area contributed by atoms with E-state index in [1.54, 1.807) is 6.07 Å². The molecule has 0 aliphatic carbocycles. The molecule has 1 aromatic heterocycles. The number of nitrogens with one attached hydrogen (secondary N) is 1. The van der Waals surface area contributed by atoms with Gasteiger partial charge in [0, 0.05) is 16.3 Å². The number of phenolic OH excluding ortho intramolecular Hbond substituents is 1. The second kappa shape index (κ2) is 4.27. The fourth-order valence-corrected chi connectivity index (χ4v) is 1.86. The number of phenols is 1.